The van der Waals surface area contributed by atoms with Crippen LogP contribution in [0.5, 0.6) is 0 Å². The fraction of sp³-hybridized carbons (Fsp3) is 0.208. The van der Waals surface area contributed by atoms with Crippen LogP contribution in [0.2, 0.25) is 5.02 Å². The van der Waals surface area contributed by atoms with E-state index in [2.05, 4.69) is 20.3 Å². The van der Waals surface area contributed by atoms with Gasteiger partial charge in [-0.05, 0) is 30.2 Å². The van der Waals surface area contributed by atoms with E-state index in [1.807, 2.05) is 19.9 Å². The van der Waals surface area contributed by atoms with Crippen LogP contribution in [0.25, 0.3) is 16.6 Å². The van der Waals surface area contributed by atoms with Crippen LogP contribution in [0.15, 0.2) is 41.2 Å². The average Bonchev–Trinajstić information content (AvgIpc) is 2.81. The van der Waals surface area contributed by atoms with Gasteiger partial charge in [-0.2, -0.15) is 15.2 Å². The molecular formula is C24H21ClF2N8O. The lowest BCUT2D eigenvalue weighted by Crippen LogP contribution is -2.31. The van der Waals surface area contributed by atoms with Crippen molar-refractivity contribution in [2.24, 2.45) is 5.92 Å². The number of nitrogens with zero attached hydrogens (tertiary/aromatic N) is 5. The van der Waals surface area contributed by atoms with Crippen LogP contribution in [0.1, 0.15) is 37.7 Å². The number of anilines is 3. The van der Waals surface area contributed by atoms with Crippen molar-refractivity contribution in [3.05, 3.63) is 74.8 Å². The molecule has 0 fully saturated rings. The van der Waals surface area contributed by atoms with E-state index in [9.17, 15) is 18.8 Å². The zero-order chi connectivity index (χ0) is 26.1. The Morgan fingerprint density at radius 3 is 2.50 bits per heavy atom. The van der Waals surface area contributed by atoms with E-state index in [0.29, 0.717) is 12.5 Å². The molecule has 0 bridgehead atoms. The highest BCUT2D eigenvalue weighted by Crippen LogP contribution is 2.32. The number of aromatic nitrogens is 4. The average molecular weight is 511 g/mol. The first kappa shape index (κ1) is 24.8. The Labute approximate surface area is 209 Å². The van der Waals surface area contributed by atoms with E-state index in [4.69, 9.17) is 23.1 Å². The number of hydrogen-bond donors (Lipinski definition) is 3. The molecule has 2 atom stereocenters. The lowest BCUT2D eigenvalue weighted by molar-refractivity contribution is 0.455. The fourth-order valence-electron chi connectivity index (χ4n) is 3.89. The van der Waals surface area contributed by atoms with Gasteiger partial charge in [0.2, 0.25) is 5.95 Å². The second kappa shape index (κ2) is 9.75. The molecule has 12 heteroatoms. The summed E-state index contributed by atoms with van der Waals surface area (Å²) in [6, 6.07) is 8.68. The van der Waals surface area contributed by atoms with Gasteiger partial charge < -0.3 is 16.8 Å². The molecule has 0 aliphatic carbocycles. The second-order valence-electron chi connectivity index (χ2n) is 8.18. The van der Waals surface area contributed by atoms with Crippen LogP contribution in [0.3, 0.4) is 0 Å². The Morgan fingerprint density at radius 2 is 1.86 bits per heavy atom. The van der Waals surface area contributed by atoms with E-state index >= 15 is 0 Å². The molecule has 0 amide bonds. The van der Waals surface area contributed by atoms with Gasteiger partial charge in [0.1, 0.15) is 34.9 Å². The van der Waals surface area contributed by atoms with Crippen molar-refractivity contribution in [2.45, 2.75) is 26.3 Å². The number of nitriles is 1. The number of nitrogens with one attached hydrogen (secondary N) is 1. The van der Waals surface area contributed by atoms with Crippen molar-refractivity contribution in [1.82, 2.24) is 19.5 Å². The number of nitrogens with two attached hydrogens (primary N) is 2. The maximum atomic E-state index is 14.2. The molecule has 0 aliphatic rings. The lowest BCUT2D eigenvalue weighted by Gasteiger charge is -2.28. The highest BCUT2D eigenvalue weighted by molar-refractivity contribution is 6.35. The summed E-state index contributed by atoms with van der Waals surface area (Å²) in [7, 11) is 0. The van der Waals surface area contributed by atoms with Gasteiger partial charge in [0.15, 0.2) is 5.82 Å². The smallest absolute Gasteiger partial charge is 0.267 e. The molecule has 5 N–H and O–H groups in total. The summed E-state index contributed by atoms with van der Waals surface area (Å²) in [5.74, 6) is -2.12. The second-order valence-corrected chi connectivity index (χ2v) is 8.59. The molecule has 0 radical (unpaired) electrons. The molecule has 0 saturated heterocycles. The third kappa shape index (κ3) is 4.50. The third-order valence-electron chi connectivity index (χ3n) is 5.83. The first-order valence-electron chi connectivity index (χ1n) is 10.9. The molecule has 0 aliphatic heterocycles. The number of hydrogen-bond acceptors (Lipinski definition) is 8. The molecule has 4 rings (SSSR count). The van der Waals surface area contributed by atoms with Gasteiger partial charge >= 0.3 is 0 Å². The Bertz CT molecular complexity index is 1560. The maximum absolute atomic E-state index is 14.2. The zero-order valence-electron chi connectivity index (χ0n) is 19.3. The Morgan fingerprint density at radius 1 is 1.17 bits per heavy atom. The molecule has 2 aromatic carbocycles. The van der Waals surface area contributed by atoms with Crippen molar-refractivity contribution < 1.29 is 8.78 Å². The summed E-state index contributed by atoms with van der Waals surface area (Å²) < 4.78 is 29.6. The molecule has 184 valence electrons. The van der Waals surface area contributed by atoms with E-state index in [1.165, 1.54) is 6.07 Å². The number of fused-ring (bicyclic) bond motifs is 1. The molecule has 0 saturated carbocycles. The van der Waals surface area contributed by atoms with Crippen LogP contribution in [-0.4, -0.2) is 19.5 Å². The predicted molar refractivity (Wildman–Crippen MR) is 134 cm³/mol. The summed E-state index contributed by atoms with van der Waals surface area (Å²) in [6.45, 7) is 3.79. The molecule has 9 nitrogen and oxygen atoms in total. The van der Waals surface area contributed by atoms with E-state index in [0.717, 1.165) is 16.7 Å². The summed E-state index contributed by atoms with van der Waals surface area (Å²) in [5.41, 5.74) is 11.1. The van der Waals surface area contributed by atoms with Crippen LogP contribution in [0.4, 0.5) is 26.4 Å². The first-order chi connectivity index (χ1) is 17.1. The molecule has 4 aromatic rings. The van der Waals surface area contributed by atoms with Gasteiger partial charge in [-0.25, -0.2) is 13.8 Å². The predicted octanol–water partition coefficient (Wildman–Crippen LogP) is 4.34. The molecule has 2 aromatic heterocycles. The minimum absolute atomic E-state index is 0.0326. The Balaban J connectivity index is 2.06. The number of rotatable bonds is 6. The van der Waals surface area contributed by atoms with Crippen LogP contribution >= 0.6 is 11.6 Å². The standard InChI is InChI=1S/C24H21ClF2N8O/c1-3-11(2)19(32-21-15(10-28)20(29)33-24(30)34-21)22-31-17-6-4-5-16(25)18(17)23(36)35(22)14-8-12(26)7-13(27)9-14/h4-9,11,19H,3H2,1-2H3,(H5,29,30,32,33,34)/t11-,19+/m1/s1. The topological polar surface area (TPSA) is 149 Å². The normalized spacial score (nSPS) is 12.8. The van der Waals surface area contributed by atoms with Gasteiger partial charge in [0.05, 0.1) is 27.7 Å². The van der Waals surface area contributed by atoms with Gasteiger partial charge in [0, 0.05) is 6.07 Å². The molecule has 0 unspecified atom stereocenters. The number of nitrogen functional groups attached to an aromatic ring is 2. The van der Waals surface area contributed by atoms with Crippen molar-refractivity contribution in [2.75, 3.05) is 16.8 Å². The van der Waals surface area contributed by atoms with Crippen molar-refractivity contribution in [1.29, 1.82) is 5.26 Å². The zero-order valence-corrected chi connectivity index (χ0v) is 20.0. The van der Waals surface area contributed by atoms with Crippen molar-refractivity contribution >= 4 is 40.1 Å². The van der Waals surface area contributed by atoms with Gasteiger partial charge in [0.25, 0.3) is 5.56 Å². The van der Waals surface area contributed by atoms with Crippen LogP contribution in [-0.2, 0) is 0 Å². The maximum Gasteiger partial charge on any atom is 0.267 e. The number of halogens is 3. The molecule has 0 spiro atoms. The van der Waals surface area contributed by atoms with Crippen LogP contribution in [0, 0.1) is 28.9 Å². The highest BCUT2D eigenvalue weighted by Gasteiger charge is 2.28. The monoisotopic (exact) mass is 510 g/mol. The summed E-state index contributed by atoms with van der Waals surface area (Å²) in [4.78, 5) is 26.3. The Kier molecular flexibility index (Phi) is 6.72. The fourth-order valence-corrected chi connectivity index (χ4v) is 4.14. The largest absolute Gasteiger partial charge is 0.382 e. The van der Waals surface area contributed by atoms with Gasteiger partial charge in [-0.3, -0.25) is 9.36 Å². The van der Waals surface area contributed by atoms with Crippen molar-refractivity contribution in [3.8, 4) is 11.8 Å². The summed E-state index contributed by atoms with van der Waals surface area (Å²) in [5, 5.41) is 13.0. The SMILES string of the molecule is CC[C@@H](C)[C@H](Nc1nc(N)nc(N)c1C#N)c1nc2cccc(Cl)c2c(=O)n1-c1cc(F)cc(F)c1. The van der Waals surface area contributed by atoms with E-state index in [1.54, 1.807) is 12.1 Å². The minimum atomic E-state index is -0.877. The van der Waals surface area contributed by atoms with Gasteiger partial charge in [-0.15, -0.1) is 0 Å². The lowest BCUT2D eigenvalue weighted by atomic mass is 9.97. The summed E-state index contributed by atoms with van der Waals surface area (Å²) >= 11 is 6.31. The van der Waals surface area contributed by atoms with Crippen molar-refractivity contribution in [3.63, 3.8) is 0 Å². The minimum Gasteiger partial charge on any atom is -0.382 e. The van der Waals surface area contributed by atoms with E-state index in [-0.39, 0.29) is 56.5 Å². The van der Waals surface area contributed by atoms with Gasteiger partial charge in [-0.1, -0.05) is 37.9 Å². The highest BCUT2D eigenvalue weighted by atomic mass is 35.5. The van der Waals surface area contributed by atoms with E-state index < -0.39 is 23.2 Å². The third-order valence-corrected chi connectivity index (χ3v) is 6.14. The quantitative estimate of drug-likeness (QED) is 0.347. The Hall–Kier alpha value is -4.30. The number of benzene rings is 2. The summed E-state index contributed by atoms with van der Waals surface area (Å²) in [6.07, 6.45) is 0.594. The first-order valence-corrected chi connectivity index (χ1v) is 11.3. The molecule has 2 heterocycles. The van der Waals surface area contributed by atoms with Crippen LogP contribution < -0.4 is 22.3 Å². The molecular weight excluding hydrogens is 490 g/mol. The molecule has 36 heavy (non-hydrogen) atoms.